The van der Waals surface area contributed by atoms with E-state index in [-0.39, 0.29) is 17.5 Å². The third kappa shape index (κ3) is 4.29. The molecule has 0 saturated carbocycles. The fourth-order valence-electron chi connectivity index (χ4n) is 2.64. The van der Waals surface area contributed by atoms with Gasteiger partial charge in [-0.05, 0) is 41.1 Å². The molecule has 1 aromatic carbocycles. The molecule has 3 rings (SSSR count). The van der Waals surface area contributed by atoms with E-state index in [9.17, 15) is 4.79 Å². The van der Waals surface area contributed by atoms with Crippen LogP contribution in [0.5, 0.6) is 0 Å². The monoisotopic (exact) mass is 369 g/mol. The standard InChI is InChI=1S/C19H23N5OS/c1-19(2,3)16(15-6-5-11-26-15)22-18(25)21-14-9-7-13(8-10-14)17-20-12-24(4)23-17/h5-12,16H,1-4H3,(H2,21,22,25)/t16-/m1/s1. The largest absolute Gasteiger partial charge is 0.330 e. The first-order valence-electron chi connectivity index (χ1n) is 8.40. The van der Waals surface area contributed by atoms with Crippen molar-refractivity contribution in [2.75, 3.05) is 5.32 Å². The van der Waals surface area contributed by atoms with E-state index in [1.807, 2.05) is 42.8 Å². The van der Waals surface area contributed by atoms with Crippen LogP contribution < -0.4 is 10.6 Å². The molecule has 0 unspecified atom stereocenters. The zero-order chi connectivity index (χ0) is 18.7. The fourth-order valence-corrected chi connectivity index (χ4v) is 3.66. The van der Waals surface area contributed by atoms with Crippen molar-refractivity contribution < 1.29 is 4.79 Å². The van der Waals surface area contributed by atoms with Crippen LogP contribution in [0.25, 0.3) is 11.4 Å². The second-order valence-corrected chi connectivity index (χ2v) is 8.21. The summed E-state index contributed by atoms with van der Waals surface area (Å²) >= 11 is 1.65. The molecular weight excluding hydrogens is 346 g/mol. The van der Waals surface area contributed by atoms with Crippen molar-refractivity contribution in [3.63, 3.8) is 0 Å². The zero-order valence-corrected chi connectivity index (χ0v) is 16.2. The minimum absolute atomic E-state index is 0.0560. The van der Waals surface area contributed by atoms with Gasteiger partial charge in [-0.15, -0.1) is 11.3 Å². The van der Waals surface area contributed by atoms with Crippen LogP contribution in [-0.4, -0.2) is 20.8 Å². The average Bonchev–Trinajstić information content (AvgIpc) is 3.24. The van der Waals surface area contributed by atoms with Crippen molar-refractivity contribution in [2.24, 2.45) is 12.5 Å². The lowest BCUT2D eigenvalue weighted by Crippen LogP contribution is -2.38. The number of rotatable bonds is 4. The number of urea groups is 1. The van der Waals surface area contributed by atoms with Gasteiger partial charge in [0.2, 0.25) is 0 Å². The summed E-state index contributed by atoms with van der Waals surface area (Å²) in [6, 6.07) is 11.3. The number of nitrogens with one attached hydrogen (secondary N) is 2. The SMILES string of the molecule is Cn1cnc(-c2ccc(NC(=O)N[C@H](c3cccs3)C(C)(C)C)cc2)n1. The lowest BCUT2D eigenvalue weighted by Gasteiger charge is -2.30. The van der Waals surface area contributed by atoms with Gasteiger partial charge in [-0.3, -0.25) is 4.68 Å². The zero-order valence-electron chi connectivity index (χ0n) is 15.4. The van der Waals surface area contributed by atoms with Crippen LogP contribution in [0.4, 0.5) is 10.5 Å². The first-order chi connectivity index (χ1) is 12.3. The van der Waals surface area contributed by atoms with Crippen molar-refractivity contribution >= 4 is 23.1 Å². The highest BCUT2D eigenvalue weighted by Crippen LogP contribution is 2.35. The maximum absolute atomic E-state index is 12.5. The van der Waals surface area contributed by atoms with Crippen LogP contribution in [0.2, 0.25) is 0 Å². The molecule has 2 heterocycles. The Kier molecular flexibility index (Phi) is 5.08. The quantitative estimate of drug-likeness (QED) is 0.713. The number of carbonyl (C=O) groups is 1. The van der Waals surface area contributed by atoms with Crippen LogP contribution in [0.1, 0.15) is 31.7 Å². The number of carbonyl (C=O) groups excluding carboxylic acids is 1. The highest BCUT2D eigenvalue weighted by atomic mass is 32.1. The van der Waals surface area contributed by atoms with E-state index in [0.717, 1.165) is 16.1 Å². The highest BCUT2D eigenvalue weighted by molar-refractivity contribution is 7.10. The number of aryl methyl sites for hydroxylation is 1. The van der Waals surface area contributed by atoms with Crippen LogP contribution in [0.3, 0.4) is 0 Å². The van der Waals surface area contributed by atoms with Gasteiger partial charge in [0.05, 0.1) is 6.04 Å². The predicted octanol–water partition coefficient (Wildman–Crippen LogP) is 4.45. The van der Waals surface area contributed by atoms with E-state index in [2.05, 4.69) is 47.6 Å². The average molecular weight is 369 g/mol. The molecule has 1 atom stereocenters. The molecule has 0 spiro atoms. The van der Waals surface area contributed by atoms with Gasteiger partial charge in [-0.25, -0.2) is 9.78 Å². The van der Waals surface area contributed by atoms with Crippen LogP contribution >= 0.6 is 11.3 Å². The molecule has 0 aliphatic carbocycles. The third-order valence-electron chi connectivity index (χ3n) is 3.97. The van der Waals surface area contributed by atoms with Gasteiger partial charge in [0.25, 0.3) is 0 Å². The number of thiophene rings is 1. The lowest BCUT2D eigenvalue weighted by atomic mass is 9.86. The van der Waals surface area contributed by atoms with Gasteiger partial charge in [0.15, 0.2) is 5.82 Å². The molecule has 0 radical (unpaired) electrons. The molecule has 6 nitrogen and oxygen atoms in total. The van der Waals surface area contributed by atoms with Crippen LogP contribution in [-0.2, 0) is 7.05 Å². The molecule has 136 valence electrons. The van der Waals surface area contributed by atoms with E-state index >= 15 is 0 Å². The van der Waals surface area contributed by atoms with Gasteiger partial charge in [-0.2, -0.15) is 5.10 Å². The van der Waals surface area contributed by atoms with Gasteiger partial charge >= 0.3 is 6.03 Å². The molecule has 26 heavy (non-hydrogen) atoms. The number of nitrogens with zero attached hydrogens (tertiary/aromatic N) is 3. The van der Waals surface area contributed by atoms with Crippen molar-refractivity contribution in [3.05, 3.63) is 53.0 Å². The van der Waals surface area contributed by atoms with Gasteiger partial charge < -0.3 is 10.6 Å². The number of benzene rings is 1. The van der Waals surface area contributed by atoms with Crippen molar-refractivity contribution in [1.82, 2.24) is 20.1 Å². The summed E-state index contributed by atoms with van der Waals surface area (Å²) < 4.78 is 1.66. The van der Waals surface area contributed by atoms with Crippen molar-refractivity contribution in [1.29, 1.82) is 0 Å². The molecule has 0 aliphatic rings. The van der Waals surface area contributed by atoms with Crippen LogP contribution in [0.15, 0.2) is 48.1 Å². The molecule has 0 fully saturated rings. The molecular formula is C19H23N5OS. The fraction of sp³-hybridized carbons (Fsp3) is 0.316. The van der Waals surface area contributed by atoms with Crippen LogP contribution in [0, 0.1) is 5.41 Å². The Balaban J connectivity index is 1.67. The molecule has 0 aliphatic heterocycles. The second-order valence-electron chi connectivity index (χ2n) is 7.23. The Hall–Kier alpha value is -2.67. The topological polar surface area (TPSA) is 71.8 Å². The summed E-state index contributed by atoms with van der Waals surface area (Å²) in [6.45, 7) is 6.35. The second kappa shape index (κ2) is 7.29. The summed E-state index contributed by atoms with van der Waals surface area (Å²) in [5.74, 6) is 0.661. The van der Waals surface area contributed by atoms with Gasteiger partial charge in [-0.1, -0.05) is 26.8 Å². The maximum atomic E-state index is 12.5. The lowest BCUT2D eigenvalue weighted by molar-refractivity contribution is 0.230. The summed E-state index contributed by atoms with van der Waals surface area (Å²) in [6.07, 6.45) is 1.66. The Morgan fingerprint density at radius 1 is 1.19 bits per heavy atom. The summed E-state index contributed by atoms with van der Waals surface area (Å²) in [5, 5.41) is 12.3. The minimum atomic E-state index is -0.220. The summed E-state index contributed by atoms with van der Waals surface area (Å²) in [4.78, 5) is 17.8. The smallest absolute Gasteiger partial charge is 0.319 e. The van der Waals surface area contributed by atoms with Gasteiger partial charge in [0, 0.05) is 23.2 Å². The molecule has 2 N–H and O–H groups in total. The Labute approximate surface area is 157 Å². The maximum Gasteiger partial charge on any atom is 0.319 e. The Morgan fingerprint density at radius 2 is 1.92 bits per heavy atom. The first-order valence-corrected chi connectivity index (χ1v) is 9.28. The molecule has 2 amide bonds. The highest BCUT2D eigenvalue weighted by Gasteiger charge is 2.28. The number of hydrogen-bond acceptors (Lipinski definition) is 4. The van der Waals surface area contributed by atoms with Crippen molar-refractivity contribution in [3.8, 4) is 11.4 Å². The molecule has 2 aromatic heterocycles. The van der Waals surface area contributed by atoms with E-state index in [1.54, 1.807) is 22.3 Å². The Morgan fingerprint density at radius 3 is 2.46 bits per heavy atom. The summed E-state index contributed by atoms with van der Waals surface area (Å²) in [7, 11) is 1.83. The first kappa shape index (κ1) is 18.1. The molecule has 0 bridgehead atoms. The molecule has 0 saturated heterocycles. The Bertz CT molecular complexity index is 862. The normalized spacial score (nSPS) is 12.6. The van der Waals surface area contributed by atoms with E-state index in [0.29, 0.717) is 5.82 Å². The molecule has 3 aromatic rings. The van der Waals surface area contributed by atoms with Crippen molar-refractivity contribution in [2.45, 2.75) is 26.8 Å². The predicted molar refractivity (Wildman–Crippen MR) is 105 cm³/mol. The van der Waals surface area contributed by atoms with E-state index < -0.39 is 0 Å². The molecule has 7 heteroatoms. The van der Waals surface area contributed by atoms with Gasteiger partial charge in [0.1, 0.15) is 6.33 Å². The van der Waals surface area contributed by atoms with E-state index in [1.165, 1.54) is 0 Å². The minimum Gasteiger partial charge on any atom is -0.330 e. The number of anilines is 1. The number of amides is 2. The van der Waals surface area contributed by atoms with E-state index in [4.69, 9.17) is 0 Å². The number of hydrogen-bond donors (Lipinski definition) is 2. The summed E-state index contributed by atoms with van der Waals surface area (Å²) in [5.41, 5.74) is 1.54. The third-order valence-corrected chi connectivity index (χ3v) is 4.91. The number of aromatic nitrogens is 3.